The van der Waals surface area contributed by atoms with Gasteiger partial charge in [-0.3, -0.25) is 25.2 Å². The number of pyridine rings is 1. The number of aromatic nitrogens is 1. The largest absolute Gasteiger partial charge is 0.278 e. The lowest BCUT2D eigenvalue weighted by Crippen LogP contribution is -2.15. The Morgan fingerprint density at radius 3 is 2.50 bits per heavy atom. The van der Waals surface area contributed by atoms with Crippen LogP contribution < -0.4 is 10.1 Å². The Kier molecular flexibility index (Phi) is 6.28. The van der Waals surface area contributed by atoms with Crippen LogP contribution >= 0.6 is 11.6 Å². The maximum Gasteiger partial charge on any atom is 0.270 e. The van der Waals surface area contributed by atoms with Gasteiger partial charge in [0.15, 0.2) is 0 Å². The standard InChI is InChI=1S/C19H16ClN5O4S/c1-13(16-7-4-5-11-21-16)22-23-18-10-9-14(25(26)27)12-19(18)30(28,29)24-17-8-3-2-6-15(17)20/h2-12,23-24H,1H3/b22-13-. The molecule has 154 valence electrons. The van der Waals surface area contributed by atoms with E-state index in [1.165, 1.54) is 24.3 Å². The van der Waals surface area contributed by atoms with E-state index in [4.69, 9.17) is 11.6 Å². The Labute approximate surface area is 177 Å². The first-order valence-corrected chi connectivity index (χ1v) is 10.4. The molecule has 0 unspecified atom stereocenters. The van der Waals surface area contributed by atoms with Crippen molar-refractivity contribution in [3.05, 3.63) is 87.7 Å². The third-order valence-electron chi connectivity index (χ3n) is 3.96. The van der Waals surface area contributed by atoms with Crippen molar-refractivity contribution in [1.82, 2.24) is 4.98 Å². The Morgan fingerprint density at radius 2 is 1.83 bits per heavy atom. The quantitative estimate of drug-likeness (QED) is 0.317. The Hall–Kier alpha value is -3.50. The second kappa shape index (κ2) is 8.89. The average molecular weight is 446 g/mol. The fourth-order valence-corrected chi connectivity index (χ4v) is 3.96. The number of para-hydroxylation sites is 1. The van der Waals surface area contributed by atoms with Gasteiger partial charge < -0.3 is 0 Å². The van der Waals surface area contributed by atoms with Crippen LogP contribution in [-0.4, -0.2) is 24.0 Å². The number of hydrogen-bond acceptors (Lipinski definition) is 7. The minimum absolute atomic E-state index is 0.0513. The number of anilines is 2. The van der Waals surface area contributed by atoms with E-state index in [9.17, 15) is 18.5 Å². The molecule has 0 fully saturated rings. The summed E-state index contributed by atoms with van der Waals surface area (Å²) in [5, 5.41) is 15.5. The Balaban J connectivity index is 2.00. The van der Waals surface area contributed by atoms with Crippen LogP contribution in [0, 0.1) is 10.1 Å². The lowest BCUT2D eigenvalue weighted by molar-refractivity contribution is -0.385. The molecule has 1 aromatic heterocycles. The molecule has 0 aliphatic rings. The predicted octanol–water partition coefficient (Wildman–Crippen LogP) is 4.28. The van der Waals surface area contributed by atoms with Crippen LogP contribution in [0.3, 0.4) is 0 Å². The molecule has 1 heterocycles. The average Bonchev–Trinajstić information content (AvgIpc) is 2.74. The van der Waals surface area contributed by atoms with Crippen LogP contribution in [-0.2, 0) is 10.0 Å². The van der Waals surface area contributed by atoms with Crippen LogP contribution in [0.25, 0.3) is 0 Å². The van der Waals surface area contributed by atoms with Crippen molar-refractivity contribution in [3.63, 3.8) is 0 Å². The highest BCUT2D eigenvalue weighted by Crippen LogP contribution is 2.30. The molecule has 0 bridgehead atoms. The van der Waals surface area contributed by atoms with Crippen molar-refractivity contribution >= 4 is 44.4 Å². The summed E-state index contributed by atoms with van der Waals surface area (Å²) in [7, 11) is -4.22. The highest BCUT2D eigenvalue weighted by Gasteiger charge is 2.23. The maximum absolute atomic E-state index is 13.0. The number of sulfonamides is 1. The van der Waals surface area contributed by atoms with Crippen LogP contribution in [0.5, 0.6) is 0 Å². The number of nitrogens with zero attached hydrogens (tertiary/aromatic N) is 3. The highest BCUT2D eigenvalue weighted by molar-refractivity contribution is 7.93. The van der Waals surface area contributed by atoms with E-state index < -0.39 is 14.9 Å². The first-order valence-electron chi connectivity index (χ1n) is 8.55. The first kappa shape index (κ1) is 21.2. The monoisotopic (exact) mass is 445 g/mol. The number of nitro groups is 1. The molecule has 30 heavy (non-hydrogen) atoms. The van der Waals surface area contributed by atoms with E-state index in [0.29, 0.717) is 11.4 Å². The Morgan fingerprint density at radius 1 is 1.10 bits per heavy atom. The van der Waals surface area contributed by atoms with E-state index in [1.807, 2.05) is 0 Å². The topological polar surface area (TPSA) is 127 Å². The van der Waals surface area contributed by atoms with E-state index in [2.05, 4.69) is 20.2 Å². The maximum atomic E-state index is 13.0. The van der Waals surface area contributed by atoms with Crippen LogP contribution in [0.2, 0.25) is 5.02 Å². The lowest BCUT2D eigenvalue weighted by atomic mass is 10.2. The molecule has 9 nitrogen and oxygen atoms in total. The zero-order chi connectivity index (χ0) is 21.7. The summed E-state index contributed by atoms with van der Waals surface area (Å²) in [5.74, 6) is 0. The number of non-ortho nitro benzene ring substituents is 1. The van der Waals surface area contributed by atoms with Gasteiger partial charge in [0.25, 0.3) is 15.7 Å². The molecule has 0 radical (unpaired) electrons. The molecule has 2 N–H and O–H groups in total. The second-order valence-corrected chi connectivity index (χ2v) is 8.10. The molecule has 0 atom stereocenters. The number of rotatable bonds is 7. The highest BCUT2D eigenvalue weighted by atomic mass is 35.5. The molecule has 0 saturated heterocycles. The zero-order valence-electron chi connectivity index (χ0n) is 15.6. The summed E-state index contributed by atoms with van der Waals surface area (Å²) in [5.41, 5.74) is 3.55. The SMILES string of the molecule is C/C(=N/Nc1ccc([N+](=O)[O-])cc1S(=O)(=O)Nc1ccccc1Cl)c1ccccn1. The summed E-state index contributed by atoms with van der Waals surface area (Å²) in [6.45, 7) is 1.69. The van der Waals surface area contributed by atoms with Crippen molar-refractivity contribution in [2.45, 2.75) is 11.8 Å². The lowest BCUT2D eigenvalue weighted by Gasteiger charge is -2.13. The van der Waals surface area contributed by atoms with Crippen LogP contribution in [0.4, 0.5) is 17.1 Å². The van der Waals surface area contributed by atoms with Gasteiger partial charge in [-0.25, -0.2) is 8.42 Å². The summed E-state index contributed by atoms with van der Waals surface area (Å²) >= 11 is 6.03. The molecular formula is C19H16ClN5O4S. The van der Waals surface area contributed by atoms with E-state index >= 15 is 0 Å². The molecule has 0 spiro atoms. The predicted molar refractivity (Wildman–Crippen MR) is 115 cm³/mol. The number of nitro benzene ring substituents is 1. The zero-order valence-corrected chi connectivity index (χ0v) is 17.2. The smallest absolute Gasteiger partial charge is 0.270 e. The number of benzene rings is 2. The van der Waals surface area contributed by atoms with Crippen molar-refractivity contribution in [3.8, 4) is 0 Å². The van der Waals surface area contributed by atoms with E-state index in [1.54, 1.807) is 43.5 Å². The second-order valence-electron chi connectivity index (χ2n) is 6.05. The first-order chi connectivity index (χ1) is 14.3. The molecule has 0 aliphatic carbocycles. The minimum Gasteiger partial charge on any atom is -0.278 e. The van der Waals surface area contributed by atoms with Crippen molar-refractivity contribution < 1.29 is 13.3 Å². The molecular weight excluding hydrogens is 430 g/mol. The molecule has 3 rings (SSSR count). The van der Waals surface area contributed by atoms with Gasteiger partial charge in [0.1, 0.15) is 4.90 Å². The van der Waals surface area contributed by atoms with Gasteiger partial charge in [-0.15, -0.1) is 0 Å². The van der Waals surface area contributed by atoms with Crippen LogP contribution in [0.1, 0.15) is 12.6 Å². The summed E-state index contributed by atoms with van der Waals surface area (Å²) in [4.78, 5) is 14.3. The molecule has 0 aliphatic heterocycles. The summed E-state index contributed by atoms with van der Waals surface area (Å²) in [6.07, 6.45) is 1.60. The Bertz CT molecular complexity index is 1220. The number of hydrazone groups is 1. The van der Waals surface area contributed by atoms with Crippen molar-refractivity contribution in [2.75, 3.05) is 10.1 Å². The van der Waals surface area contributed by atoms with Gasteiger partial charge in [0.2, 0.25) is 0 Å². The summed E-state index contributed by atoms with van der Waals surface area (Å²) < 4.78 is 28.3. The third-order valence-corrected chi connectivity index (χ3v) is 5.70. The van der Waals surface area contributed by atoms with E-state index in [-0.39, 0.29) is 27.0 Å². The van der Waals surface area contributed by atoms with Gasteiger partial charge in [-0.05, 0) is 37.3 Å². The van der Waals surface area contributed by atoms with Gasteiger partial charge in [0, 0.05) is 18.3 Å². The van der Waals surface area contributed by atoms with Gasteiger partial charge in [-0.1, -0.05) is 29.8 Å². The molecule has 2 aromatic carbocycles. The summed E-state index contributed by atoms with van der Waals surface area (Å²) in [6, 6.07) is 15.0. The van der Waals surface area contributed by atoms with Crippen LogP contribution in [0.15, 0.2) is 76.9 Å². The fraction of sp³-hybridized carbons (Fsp3) is 0.0526. The fourth-order valence-electron chi connectivity index (χ4n) is 2.46. The van der Waals surface area contributed by atoms with Gasteiger partial charge >= 0.3 is 0 Å². The van der Waals surface area contributed by atoms with Crippen molar-refractivity contribution in [2.24, 2.45) is 5.10 Å². The molecule has 0 amide bonds. The van der Waals surface area contributed by atoms with E-state index in [0.717, 1.165) is 6.07 Å². The van der Waals surface area contributed by atoms with Gasteiger partial charge in [-0.2, -0.15) is 5.10 Å². The molecule has 11 heteroatoms. The van der Waals surface area contributed by atoms with Gasteiger partial charge in [0.05, 0.1) is 32.7 Å². The normalized spacial score (nSPS) is 11.7. The number of nitrogens with one attached hydrogen (secondary N) is 2. The van der Waals surface area contributed by atoms with Crippen molar-refractivity contribution in [1.29, 1.82) is 0 Å². The number of halogens is 1. The third kappa shape index (κ3) is 4.91. The minimum atomic E-state index is -4.22. The molecule has 3 aromatic rings. The molecule has 0 saturated carbocycles. The number of hydrogen-bond donors (Lipinski definition) is 2.